The maximum absolute atomic E-state index is 12.5. The summed E-state index contributed by atoms with van der Waals surface area (Å²) in [5, 5.41) is 2.73. The van der Waals surface area contributed by atoms with Crippen molar-refractivity contribution in [1.29, 1.82) is 0 Å². The maximum atomic E-state index is 12.5. The number of carbonyl (C=O) groups is 1. The zero-order valence-corrected chi connectivity index (χ0v) is 17.9. The number of fused-ring (bicyclic) bond motifs is 1. The third kappa shape index (κ3) is 5.14. The van der Waals surface area contributed by atoms with Crippen LogP contribution in [0.3, 0.4) is 0 Å². The molecule has 11 heteroatoms. The molecule has 3 aromatic rings. The average Bonchev–Trinajstić information content (AvgIpc) is 3.06. The number of aryl methyl sites for hydroxylation is 2. The lowest BCUT2D eigenvalue weighted by Crippen LogP contribution is -2.47. The van der Waals surface area contributed by atoms with Crippen LogP contribution in [0, 0.1) is 19.8 Å². The van der Waals surface area contributed by atoms with E-state index in [4.69, 9.17) is 0 Å². The smallest absolute Gasteiger partial charge is 0.355 e. The predicted molar refractivity (Wildman–Crippen MR) is 113 cm³/mol. The van der Waals surface area contributed by atoms with E-state index in [2.05, 4.69) is 25.3 Å². The van der Waals surface area contributed by atoms with Crippen LogP contribution < -0.4 is 10.2 Å². The molecule has 0 aliphatic carbocycles. The van der Waals surface area contributed by atoms with Gasteiger partial charge in [0.05, 0.1) is 30.0 Å². The van der Waals surface area contributed by atoms with Crippen molar-refractivity contribution in [3.8, 4) is 0 Å². The summed E-state index contributed by atoms with van der Waals surface area (Å²) in [5.74, 6) is 0.985. The molecular formula is C21H24F3N7O. The summed E-state index contributed by atoms with van der Waals surface area (Å²) in [4.78, 5) is 31.8. The number of carbonyl (C=O) groups excluding carboxylic acids is 1. The molecule has 0 saturated carbocycles. The van der Waals surface area contributed by atoms with Gasteiger partial charge in [-0.25, -0.2) is 19.9 Å². The average molecular weight is 447 g/mol. The summed E-state index contributed by atoms with van der Waals surface area (Å²) in [5.41, 5.74) is 2.45. The van der Waals surface area contributed by atoms with Crippen molar-refractivity contribution in [1.82, 2.24) is 24.3 Å². The zero-order valence-electron chi connectivity index (χ0n) is 17.9. The van der Waals surface area contributed by atoms with Crippen LogP contribution in [0.4, 0.5) is 24.8 Å². The number of nitrogens with one attached hydrogen (secondary N) is 1. The van der Waals surface area contributed by atoms with Crippen molar-refractivity contribution < 1.29 is 18.0 Å². The molecule has 1 saturated heterocycles. The van der Waals surface area contributed by atoms with Crippen molar-refractivity contribution in [3.63, 3.8) is 0 Å². The lowest BCUT2D eigenvalue weighted by atomic mass is 9.93. The number of alkyl halides is 3. The number of rotatable bonds is 7. The highest BCUT2D eigenvalue weighted by atomic mass is 19.4. The van der Waals surface area contributed by atoms with Crippen molar-refractivity contribution in [2.24, 2.45) is 5.92 Å². The van der Waals surface area contributed by atoms with Gasteiger partial charge in [0.25, 0.3) is 5.91 Å². The molecule has 0 spiro atoms. The summed E-state index contributed by atoms with van der Waals surface area (Å²) >= 11 is 0. The summed E-state index contributed by atoms with van der Waals surface area (Å²) in [6.45, 7) is 5.18. The maximum Gasteiger partial charge on any atom is 0.389 e. The van der Waals surface area contributed by atoms with Gasteiger partial charge in [0.15, 0.2) is 5.65 Å². The van der Waals surface area contributed by atoms with Gasteiger partial charge in [0.2, 0.25) is 0 Å². The number of hydrogen-bond acceptors (Lipinski definition) is 6. The topological polar surface area (TPSA) is 88.3 Å². The fraction of sp³-hybridized carbons (Fsp3) is 0.476. The van der Waals surface area contributed by atoms with E-state index in [0.29, 0.717) is 29.7 Å². The summed E-state index contributed by atoms with van der Waals surface area (Å²) in [7, 11) is 0. The fourth-order valence-electron chi connectivity index (χ4n) is 3.81. The first-order valence-corrected chi connectivity index (χ1v) is 10.5. The minimum Gasteiger partial charge on any atom is -0.355 e. The van der Waals surface area contributed by atoms with Gasteiger partial charge in [-0.1, -0.05) is 6.42 Å². The van der Waals surface area contributed by atoms with Gasteiger partial charge in [0.1, 0.15) is 17.3 Å². The summed E-state index contributed by atoms with van der Waals surface area (Å²) in [6, 6.07) is 0. The number of unbranched alkanes of at least 4 members (excludes halogenated alkanes) is 1. The summed E-state index contributed by atoms with van der Waals surface area (Å²) < 4.78 is 38.4. The van der Waals surface area contributed by atoms with Gasteiger partial charge in [-0.2, -0.15) is 13.2 Å². The van der Waals surface area contributed by atoms with Gasteiger partial charge in [-0.05, 0) is 32.6 Å². The van der Waals surface area contributed by atoms with Gasteiger partial charge in [-0.15, -0.1) is 0 Å². The molecule has 0 aromatic carbocycles. The Bertz CT molecular complexity index is 1110. The number of nitrogens with zero attached hydrogens (tertiary/aromatic N) is 6. The van der Waals surface area contributed by atoms with E-state index in [1.54, 1.807) is 6.20 Å². The first-order valence-electron chi connectivity index (χ1n) is 10.5. The SMILES string of the molecule is Cc1cn2cc(NC(=O)c3cnc(N4CC(CCCCC(F)(F)F)C4)cn3)nc(C)c2n1. The predicted octanol–water partition coefficient (Wildman–Crippen LogP) is 3.95. The molecule has 170 valence electrons. The minimum absolute atomic E-state index is 0.166. The first-order chi connectivity index (χ1) is 15.2. The molecule has 1 amide bonds. The molecule has 1 aliphatic heterocycles. The van der Waals surface area contributed by atoms with Gasteiger partial charge in [0, 0.05) is 25.7 Å². The number of amides is 1. The molecule has 0 unspecified atom stereocenters. The second-order valence-corrected chi connectivity index (χ2v) is 8.17. The molecule has 8 nitrogen and oxygen atoms in total. The molecule has 32 heavy (non-hydrogen) atoms. The van der Waals surface area contributed by atoms with Crippen molar-refractivity contribution in [2.45, 2.75) is 45.7 Å². The zero-order chi connectivity index (χ0) is 22.9. The van der Waals surface area contributed by atoms with E-state index in [1.165, 1.54) is 12.4 Å². The molecule has 3 aromatic heterocycles. The van der Waals surface area contributed by atoms with Crippen molar-refractivity contribution >= 4 is 23.2 Å². The third-order valence-electron chi connectivity index (χ3n) is 5.44. The fourth-order valence-corrected chi connectivity index (χ4v) is 3.81. The normalized spacial score (nSPS) is 14.6. The van der Waals surface area contributed by atoms with E-state index >= 15 is 0 Å². The Labute approximate surface area is 182 Å². The monoisotopic (exact) mass is 447 g/mol. The highest BCUT2D eigenvalue weighted by Gasteiger charge is 2.29. The first kappa shape index (κ1) is 22.0. The molecule has 1 fully saturated rings. The Morgan fingerprint density at radius 1 is 1.12 bits per heavy atom. The molecule has 0 radical (unpaired) electrons. The summed E-state index contributed by atoms with van der Waals surface area (Å²) in [6.07, 6.45) is 3.21. The largest absolute Gasteiger partial charge is 0.389 e. The van der Waals surface area contributed by atoms with Gasteiger partial charge in [-0.3, -0.25) is 4.79 Å². The highest BCUT2D eigenvalue weighted by Crippen LogP contribution is 2.28. The number of anilines is 2. The van der Waals surface area contributed by atoms with E-state index in [9.17, 15) is 18.0 Å². The molecule has 4 heterocycles. The molecular weight excluding hydrogens is 423 g/mol. The van der Waals surface area contributed by atoms with Crippen LogP contribution in [0.25, 0.3) is 5.65 Å². The van der Waals surface area contributed by atoms with E-state index in [1.807, 2.05) is 29.3 Å². The van der Waals surface area contributed by atoms with E-state index in [-0.39, 0.29) is 12.1 Å². The van der Waals surface area contributed by atoms with Crippen LogP contribution in [0.15, 0.2) is 24.8 Å². The van der Waals surface area contributed by atoms with Crippen molar-refractivity contribution in [2.75, 3.05) is 23.3 Å². The third-order valence-corrected chi connectivity index (χ3v) is 5.44. The second kappa shape index (κ2) is 8.71. The molecule has 0 atom stereocenters. The molecule has 0 bridgehead atoms. The Kier molecular flexibility index (Phi) is 5.98. The number of hydrogen-bond donors (Lipinski definition) is 1. The Morgan fingerprint density at radius 2 is 1.91 bits per heavy atom. The van der Waals surface area contributed by atoms with Crippen LogP contribution in [-0.2, 0) is 0 Å². The standard InChI is InChI=1S/C21H24F3N7O/c1-13-9-31-12-17(28-14(2)19(31)27-13)29-20(32)16-7-26-18(8-25-16)30-10-15(11-30)5-3-4-6-21(22,23)24/h7-9,12,15H,3-6,10-11H2,1-2H3,(H,29,32). The highest BCUT2D eigenvalue weighted by molar-refractivity contribution is 6.02. The van der Waals surface area contributed by atoms with Crippen LogP contribution in [0.1, 0.15) is 47.6 Å². The molecule has 4 rings (SSSR count). The lowest BCUT2D eigenvalue weighted by Gasteiger charge is -2.40. The van der Waals surface area contributed by atoms with E-state index in [0.717, 1.165) is 30.9 Å². The van der Waals surface area contributed by atoms with Crippen LogP contribution >= 0.6 is 0 Å². The second-order valence-electron chi connectivity index (χ2n) is 8.17. The van der Waals surface area contributed by atoms with E-state index < -0.39 is 18.5 Å². The number of halogens is 3. The van der Waals surface area contributed by atoms with Crippen LogP contribution in [0.5, 0.6) is 0 Å². The van der Waals surface area contributed by atoms with Crippen molar-refractivity contribution in [3.05, 3.63) is 41.9 Å². The van der Waals surface area contributed by atoms with Crippen LogP contribution in [0.2, 0.25) is 0 Å². The quantitative estimate of drug-likeness (QED) is 0.552. The van der Waals surface area contributed by atoms with Gasteiger partial charge < -0.3 is 14.6 Å². The van der Waals surface area contributed by atoms with Gasteiger partial charge >= 0.3 is 6.18 Å². The molecule has 1 aliphatic rings. The lowest BCUT2D eigenvalue weighted by molar-refractivity contribution is -0.135. The molecule has 1 N–H and O–H groups in total. The number of imidazole rings is 1. The Morgan fingerprint density at radius 3 is 2.59 bits per heavy atom. The Hall–Kier alpha value is -3.24. The minimum atomic E-state index is -4.07. The number of aromatic nitrogens is 5. The Balaban J connectivity index is 1.28. The van der Waals surface area contributed by atoms with Crippen LogP contribution in [-0.4, -0.2) is 49.5 Å².